The molecule has 0 amide bonds. The van der Waals surface area contributed by atoms with Crippen LogP contribution >= 0.6 is 0 Å². The highest BCUT2D eigenvalue weighted by atomic mass is 16.3. The van der Waals surface area contributed by atoms with Crippen LogP contribution in [0.25, 0.3) is 0 Å². The molecule has 0 aromatic carbocycles. The molecule has 2 saturated carbocycles. The normalized spacial score (nSPS) is 44.1. The van der Waals surface area contributed by atoms with Crippen molar-refractivity contribution in [2.24, 2.45) is 22.7 Å². The van der Waals surface area contributed by atoms with Gasteiger partial charge in [0, 0.05) is 6.61 Å². The van der Waals surface area contributed by atoms with Crippen molar-refractivity contribution < 1.29 is 5.11 Å². The van der Waals surface area contributed by atoms with E-state index in [1.54, 1.807) is 0 Å². The minimum Gasteiger partial charge on any atom is -0.396 e. The van der Waals surface area contributed by atoms with Crippen molar-refractivity contribution in [2.75, 3.05) is 6.61 Å². The monoisotopic (exact) mass is 208 g/mol. The summed E-state index contributed by atoms with van der Waals surface area (Å²) in [6.07, 6.45) is 4.76. The molecule has 0 radical (unpaired) electrons. The zero-order chi connectivity index (χ0) is 11.3. The molecule has 2 aliphatic carbocycles. The van der Waals surface area contributed by atoms with Crippen LogP contribution in [-0.2, 0) is 0 Å². The van der Waals surface area contributed by atoms with E-state index < -0.39 is 0 Å². The topological polar surface area (TPSA) is 20.2 Å². The van der Waals surface area contributed by atoms with Crippen molar-refractivity contribution in [3.8, 4) is 0 Å². The van der Waals surface area contributed by atoms with Crippen LogP contribution in [0, 0.1) is 22.7 Å². The number of aliphatic hydroxyl groups is 1. The summed E-state index contributed by atoms with van der Waals surface area (Å²) in [5, 5.41) is 9.47. The van der Waals surface area contributed by atoms with Crippen molar-refractivity contribution in [2.45, 2.75) is 46.5 Å². The molecule has 0 unspecified atom stereocenters. The molecule has 86 valence electrons. The van der Waals surface area contributed by atoms with Crippen LogP contribution in [0.3, 0.4) is 0 Å². The maximum atomic E-state index is 9.47. The van der Waals surface area contributed by atoms with E-state index >= 15 is 0 Å². The summed E-state index contributed by atoms with van der Waals surface area (Å²) in [4.78, 5) is 0. The van der Waals surface area contributed by atoms with Gasteiger partial charge in [-0.25, -0.2) is 0 Å². The molecule has 0 heterocycles. The van der Waals surface area contributed by atoms with Crippen LogP contribution in [0.1, 0.15) is 46.5 Å². The first-order valence-electron chi connectivity index (χ1n) is 6.16. The lowest BCUT2D eigenvalue weighted by molar-refractivity contribution is 0.00542. The second-order valence-corrected chi connectivity index (χ2v) is 6.75. The highest BCUT2D eigenvalue weighted by Gasteiger charge is 2.50. The lowest BCUT2D eigenvalue weighted by Crippen LogP contribution is -2.43. The highest BCUT2D eigenvalue weighted by Crippen LogP contribution is 2.59. The van der Waals surface area contributed by atoms with Crippen LogP contribution in [-0.4, -0.2) is 11.7 Å². The largest absolute Gasteiger partial charge is 0.396 e. The molecule has 1 nitrogen and oxygen atoms in total. The fraction of sp³-hybridized carbons (Fsp3) is 0.857. The molecule has 1 N–H and O–H groups in total. The Labute approximate surface area is 93.6 Å². The average Bonchev–Trinajstić information content (AvgIpc) is 2.23. The summed E-state index contributed by atoms with van der Waals surface area (Å²) < 4.78 is 0. The van der Waals surface area contributed by atoms with Crippen molar-refractivity contribution in [1.29, 1.82) is 0 Å². The van der Waals surface area contributed by atoms with E-state index in [0.29, 0.717) is 12.0 Å². The molecule has 2 fully saturated rings. The number of hydrogen-bond donors (Lipinski definition) is 1. The fourth-order valence-corrected chi connectivity index (χ4v) is 3.67. The van der Waals surface area contributed by atoms with Gasteiger partial charge in [-0.1, -0.05) is 32.9 Å². The summed E-state index contributed by atoms with van der Waals surface area (Å²) in [7, 11) is 0. The van der Waals surface area contributed by atoms with E-state index in [4.69, 9.17) is 0 Å². The summed E-state index contributed by atoms with van der Waals surface area (Å²) in [6, 6.07) is 0. The molecular formula is C14H24O. The molecule has 2 aliphatic rings. The minimum absolute atomic E-state index is 0.102. The summed E-state index contributed by atoms with van der Waals surface area (Å²) in [5.74, 6) is 1.56. The molecule has 0 aromatic rings. The zero-order valence-corrected chi connectivity index (χ0v) is 10.3. The summed E-state index contributed by atoms with van der Waals surface area (Å²) in [6.45, 7) is 11.5. The Balaban J connectivity index is 2.15. The molecule has 0 aliphatic heterocycles. The second kappa shape index (κ2) is 3.35. The maximum absolute atomic E-state index is 9.47. The van der Waals surface area contributed by atoms with Gasteiger partial charge in [0.1, 0.15) is 0 Å². The minimum atomic E-state index is 0.102. The van der Waals surface area contributed by atoms with Crippen molar-refractivity contribution in [3.63, 3.8) is 0 Å². The van der Waals surface area contributed by atoms with Gasteiger partial charge in [-0.05, 0) is 48.3 Å². The van der Waals surface area contributed by atoms with Gasteiger partial charge >= 0.3 is 0 Å². The van der Waals surface area contributed by atoms with Gasteiger partial charge in [-0.15, -0.1) is 0 Å². The van der Waals surface area contributed by atoms with E-state index in [1.165, 1.54) is 18.4 Å². The molecule has 0 saturated heterocycles. The fourth-order valence-electron chi connectivity index (χ4n) is 3.67. The molecule has 3 atom stereocenters. The average molecular weight is 208 g/mol. The van der Waals surface area contributed by atoms with E-state index in [2.05, 4.69) is 27.4 Å². The number of hydrogen-bond acceptors (Lipinski definition) is 1. The highest BCUT2D eigenvalue weighted by molar-refractivity contribution is 5.16. The van der Waals surface area contributed by atoms with E-state index in [1.807, 2.05) is 0 Å². The third kappa shape index (κ3) is 1.75. The van der Waals surface area contributed by atoms with Gasteiger partial charge in [-0.2, -0.15) is 0 Å². The van der Waals surface area contributed by atoms with Crippen LogP contribution in [0.2, 0.25) is 0 Å². The third-order valence-electron chi connectivity index (χ3n) is 4.85. The van der Waals surface area contributed by atoms with Gasteiger partial charge < -0.3 is 5.11 Å². The predicted octanol–water partition coefficient (Wildman–Crippen LogP) is 3.39. The van der Waals surface area contributed by atoms with E-state index in [-0.39, 0.29) is 5.41 Å². The second-order valence-electron chi connectivity index (χ2n) is 6.75. The molecule has 15 heavy (non-hydrogen) atoms. The number of aliphatic hydroxyl groups excluding tert-OH is 1. The Morgan fingerprint density at radius 1 is 1.40 bits per heavy atom. The Bertz CT molecular complexity index is 279. The van der Waals surface area contributed by atoms with E-state index in [9.17, 15) is 5.11 Å². The maximum Gasteiger partial charge on any atom is 0.0487 e. The zero-order valence-electron chi connectivity index (χ0n) is 10.3. The first kappa shape index (κ1) is 11.2. The number of rotatable bonds is 1. The smallest absolute Gasteiger partial charge is 0.0487 e. The molecule has 0 spiro atoms. The predicted molar refractivity (Wildman–Crippen MR) is 63.6 cm³/mol. The Hall–Kier alpha value is -0.300. The molecule has 0 bridgehead atoms. The van der Waals surface area contributed by atoms with Crippen LogP contribution in [0.5, 0.6) is 0 Å². The first-order chi connectivity index (χ1) is 6.88. The summed E-state index contributed by atoms with van der Waals surface area (Å²) in [5.41, 5.74) is 2.01. The molecular weight excluding hydrogens is 184 g/mol. The van der Waals surface area contributed by atoms with Gasteiger partial charge in [-0.3, -0.25) is 0 Å². The molecule has 0 aromatic heterocycles. The number of allylic oxidation sites excluding steroid dienone is 1. The lowest BCUT2D eigenvalue weighted by Gasteiger charge is -2.52. The van der Waals surface area contributed by atoms with Crippen molar-refractivity contribution in [1.82, 2.24) is 0 Å². The van der Waals surface area contributed by atoms with Crippen molar-refractivity contribution >= 4 is 0 Å². The Morgan fingerprint density at radius 3 is 2.60 bits per heavy atom. The van der Waals surface area contributed by atoms with E-state index in [0.717, 1.165) is 24.7 Å². The van der Waals surface area contributed by atoms with Crippen LogP contribution < -0.4 is 0 Å². The lowest BCUT2D eigenvalue weighted by atomic mass is 9.53. The van der Waals surface area contributed by atoms with Crippen LogP contribution in [0.4, 0.5) is 0 Å². The van der Waals surface area contributed by atoms with Gasteiger partial charge in [0.25, 0.3) is 0 Å². The van der Waals surface area contributed by atoms with Crippen LogP contribution in [0.15, 0.2) is 12.2 Å². The third-order valence-corrected chi connectivity index (χ3v) is 4.85. The Kier molecular flexibility index (Phi) is 2.50. The number of fused-ring (bicyclic) bond motifs is 1. The first-order valence-corrected chi connectivity index (χ1v) is 6.16. The van der Waals surface area contributed by atoms with Crippen molar-refractivity contribution in [3.05, 3.63) is 12.2 Å². The summed E-state index contributed by atoms with van der Waals surface area (Å²) >= 11 is 0. The van der Waals surface area contributed by atoms with Gasteiger partial charge in [0.15, 0.2) is 0 Å². The molecule has 1 heteroatoms. The van der Waals surface area contributed by atoms with Gasteiger partial charge in [0.05, 0.1) is 0 Å². The quantitative estimate of drug-likeness (QED) is 0.655. The SMILES string of the molecule is C=C1C[C@@](C)(CO)CC[C@@H]2[C@@H]1CC2(C)C. The standard InChI is InChI=1S/C14H24O/c1-10-7-14(4,9-15)6-5-12-11(10)8-13(12,2)3/h11-12,15H,1,5-9H2,2-4H3/t11-,12-,14+/m1/s1. The Morgan fingerprint density at radius 2 is 2.07 bits per heavy atom. The van der Waals surface area contributed by atoms with Gasteiger partial charge in [0.2, 0.25) is 0 Å². The molecule has 2 rings (SSSR count).